The van der Waals surface area contributed by atoms with Gasteiger partial charge in [-0.1, -0.05) is 36.8 Å². The first-order valence-corrected chi connectivity index (χ1v) is 11.4. The number of fused-ring (bicyclic) bond motifs is 1. The lowest BCUT2D eigenvalue weighted by atomic mass is 10.2. The Morgan fingerprint density at radius 1 is 0.767 bits per heavy atom. The highest BCUT2D eigenvalue weighted by Crippen LogP contribution is 2.18. The van der Waals surface area contributed by atoms with Crippen molar-refractivity contribution in [2.75, 3.05) is 37.6 Å². The topological polar surface area (TPSA) is 33.4 Å². The monoisotopic (exact) mass is 406 g/mol. The molecule has 0 aliphatic carbocycles. The molecule has 0 bridgehead atoms. The van der Waals surface area contributed by atoms with Crippen molar-refractivity contribution in [2.45, 2.75) is 46.2 Å². The maximum absolute atomic E-state index is 12.9. The second kappa shape index (κ2) is 9.52. The zero-order valence-electron chi connectivity index (χ0n) is 18.4. The molecule has 0 radical (unpaired) electrons. The molecule has 1 aromatic heterocycles. The molecule has 5 heteroatoms. The molecule has 2 heterocycles. The summed E-state index contributed by atoms with van der Waals surface area (Å²) in [7, 11) is 0. The van der Waals surface area contributed by atoms with Crippen LogP contribution in [0.5, 0.6) is 0 Å². The highest BCUT2D eigenvalue weighted by molar-refractivity contribution is 5.75. The third kappa shape index (κ3) is 4.46. The first kappa shape index (κ1) is 20.7. The van der Waals surface area contributed by atoms with E-state index in [1.807, 2.05) is 21.3 Å². The number of hydrogen-bond acceptors (Lipinski definition) is 3. The van der Waals surface area contributed by atoms with Crippen molar-refractivity contribution < 1.29 is 0 Å². The number of hydrogen-bond donors (Lipinski definition) is 0. The summed E-state index contributed by atoms with van der Waals surface area (Å²) in [6.07, 6.45) is 3.14. The Kier molecular flexibility index (Phi) is 6.58. The standard InChI is InChI=1S/C25H34N4O/c1-3-14-28-23-8-4-5-9-24(23)29(25(28)30)16-7-6-15-26-17-19-27(20-18-26)22-12-10-21(2)11-13-22/h4-5,8-13H,3,6-7,14-20H2,1-2H3. The number of benzene rings is 2. The van der Waals surface area contributed by atoms with Gasteiger partial charge >= 0.3 is 5.69 Å². The smallest absolute Gasteiger partial charge is 0.329 e. The lowest BCUT2D eigenvalue weighted by molar-refractivity contribution is 0.251. The Bertz CT molecular complexity index is 1010. The number of nitrogens with zero attached hydrogens (tertiary/aromatic N) is 4. The minimum Gasteiger partial charge on any atom is -0.369 e. The second-order valence-corrected chi connectivity index (χ2v) is 8.45. The van der Waals surface area contributed by atoms with E-state index < -0.39 is 0 Å². The van der Waals surface area contributed by atoms with Gasteiger partial charge in [0.1, 0.15) is 0 Å². The summed E-state index contributed by atoms with van der Waals surface area (Å²) < 4.78 is 3.90. The van der Waals surface area contributed by atoms with E-state index in [0.717, 1.165) is 76.1 Å². The Balaban J connectivity index is 1.28. The van der Waals surface area contributed by atoms with E-state index >= 15 is 0 Å². The predicted octanol–water partition coefficient (Wildman–Crippen LogP) is 4.12. The van der Waals surface area contributed by atoms with E-state index in [1.165, 1.54) is 11.3 Å². The van der Waals surface area contributed by atoms with Crippen molar-refractivity contribution in [3.63, 3.8) is 0 Å². The molecule has 2 aromatic carbocycles. The number of aromatic nitrogens is 2. The summed E-state index contributed by atoms with van der Waals surface area (Å²) in [5.74, 6) is 0. The highest BCUT2D eigenvalue weighted by atomic mass is 16.1. The van der Waals surface area contributed by atoms with Crippen molar-refractivity contribution in [1.29, 1.82) is 0 Å². The zero-order chi connectivity index (χ0) is 20.9. The van der Waals surface area contributed by atoms with Gasteiger partial charge in [0.25, 0.3) is 0 Å². The lowest BCUT2D eigenvalue weighted by Crippen LogP contribution is -2.46. The summed E-state index contributed by atoms with van der Waals surface area (Å²) in [6.45, 7) is 11.4. The Morgan fingerprint density at radius 2 is 1.37 bits per heavy atom. The number of aryl methyl sites for hydroxylation is 3. The number of imidazole rings is 1. The molecule has 1 aliphatic rings. The van der Waals surface area contributed by atoms with E-state index in [9.17, 15) is 4.79 Å². The van der Waals surface area contributed by atoms with Crippen molar-refractivity contribution >= 4 is 16.7 Å². The third-order valence-electron chi connectivity index (χ3n) is 6.25. The maximum atomic E-state index is 12.9. The van der Waals surface area contributed by atoms with Crippen LogP contribution in [0.3, 0.4) is 0 Å². The minimum atomic E-state index is 0.143. The molecule has 0 spiro atoms. The molecule has 0 unspecified atom stereocenters. The van der Waals surface area contributed by atoms with Crippen molar-refractivity contribution in [1.82, 2.24) is 14.0 Å². The van der Waals surface area contributed by atoms with Gasteiger partial charge < -0.3 is 4.90 Å². The summed E-state index contributed by atoms with van der Waals surface area (Å²) >= 11 is 0. The van der Waals surface area contributed by atoms with Gasteiger partial charge in [0.15, 0.2) is 0 Å². The molecule has 0 N–H and O–H groups in total. The van der Waals surface area contributed by atoms with E-state index in [2.05, 4.69) is 60.0 Å². The summed E-state index contributed by atoms with van der Waals surface area (Å²) in [4.78, 5) is 17.9. The highest BCUT2D eigenvalue weighted by Gasteiger charge is 2.17. The van der Waals surface area contributed by atoms with Gasteiger partial charge in [-0.3, -0.25) is 14.0 Å². The van der Waals surface area contributed by atoms with Crippen LogP contribution >= 0.6 is 0 Å². The van der Waals surface area contributed by atoms with Gasteiger partial charge in [-0.15, -0.1) is 0 Å². The molecule has 30 heavy (non-hydrogen) atoms. The van der Waals surface area contributed by atoms with Crippen LogP contribution in [-0.4, -0.2) is 46.8 Å². The van der Waals surface area contributed by atoms with E-state index in [4.69, 9.17) is 0 Å². The molecule has 160 valence electrons. The quantitative estimate of drug-likeness (QED) is 0.528. The van der Waals surface area contributed by atoms with E-state index in [-0.39, 0.29) is 5.69 Å². The van der Waals surface area contributed by atoms with E-state index in [1.54, 1.807) is 0 Å². The molecule has 0 saturated carbocycles. The fourth-order valence-electron chi connectivity index (χ4n) is 4.52. The van der Waals surface area contributed by atoms with Gasteiger partial charge in [0, 0.05) is 45.0 Å². The Morgan fingerprint density at radius 3 is 2.00 bits per heavy atom. The van der Waals surface area contributed by atoms with Gasteiger partial charge in [0.2, 0.25) is 0 Å². The van der Waals surface area contributed by atoms with Crippen LogP contribution in [0, 0.1) is 6.92 Å². The summed E-state index contributed by atoms with van der Waals surface area (Å²) in [5, 5.41) is 0. The van der Waals surface area contributed by atoms with Crippen molar-refractivity contribution in [2.24, 2.45) is 0 Å². The van der Waals surface area contributed by atoms with Crippen LogP contribution in [0.1, 0.15) is 31.7 Å². The first-order valence-electron chi connectivity index (χ1n) is 11.4. The molecule has 0 atom stereocenters. The SMILES string of the molecule is CCCn1c(=O)n(CCCCN2CCN(c3ccc(C)cc3)CC2)c2ccccc21. The molecule has 3 aromatic rings. The molecule has 1 aliphatic heterocycles. The van der Waals surface area contributed by atoms with Crippen molar-refractivity contribution in [3.8, 4) is 0 Å². The number of anilines is 1. The average Bonchev–Trinajstić information content (AvgIpc) is 3.04. The van der Waals surface area contributed by atoms with Gasteiger partial charge in [-0.25, -0.2) is 4.79 Å². The predicted molar refractivity (Wildman–Crippen MR) is 126 cm³/mol. The van der Waals surface area contributed by atoms with E-state index in [0.29, 0.717) is 0 Å². The number of para-hydroxylation sites is 2. The fourth-order valence-corrected chi connectivity index (χ4v) is 4.52. The molecule has 5 nitrogen and oxygen atoms in total. The number of rotatable bonds is 8. The maximum Gasteiger partial charge on any atom is 0.329 e. The fraction of sp³-hybridized carbons (Fsp3) is 0.480. The lowest BCUT2D eigenvalue weighted by Gasteiger charge is -2.36. The number of unbranched alkanes of at least 4 members (excludes halogenated alkanes) is 1. The van der Waals surface area contributed by atoms with Gasteiger partial charge in [-0.2, -0.15) is 0 Å². The Hall–Kier alpha value is -2.53. The van der Waals surface area contributed by atoms with Gasteiger partial charge in [0.05, 0.1) is 11.0 Å². The molecule has 1 saturated heterocycles. The molecular formula is C25H34N4O. The molecule has 4 rings (SSSR count). The molecular weight excluding hydrogens is 372 g/mol. The van der Waals surface area contributed by atoms with Crippen LogP contribution < -0.4 is 10.6 Å². The molecule has 1 fully saturated rings. The normalized spacial score (nSPS) is 15.2. The van der Waals surface area contributed by atoms with Crippen LogP contribution in [0.2, 0.25) is 0 Å². The first-order chi connectivity index (χ1) is 14.7. The van der Waals surface area contributed by atoms with Crippen LogP contribution in [0.15, 0.2) is 53.3 Å². The number of piperazine rings is 1. The summed E-state index contributed by atoms with van der Waals surface area (Å²) in [6, 6.07) is 17.1. The van der Waals surface area contributed by atoms with Crippen LogP contribution in [0.25, 0.3) is 11.0 Å². The Labute approximate surface area is 179 Å². The largest absolute Gasteiger partial charge is 0.369 e. The zero-order valence-corrected chi connectivity index (χ0v) is 18.4. The van der Waals surface area contributed by atoms with Crippen LogP contribution in [-0.2, 0) is 13.1 Å². The second-order valence-electron chi connectivity index (χ2n) is 8.45. The third-order valence-corrected chi connectivity index (χ3v) is 6.25. The van der Waals surface area contributed by atoms with Gasteiger partial charge in [-0.05, 0) is 57.0 Å². The van der Waals surface area contributed by atoms with Crippen LogP contribution in [0.4, 0.5) is 5.69 Å². The van der Waals surface area contributed by atoms with Crippen molar-refractivity contribution in [3.05, 3.63) is 64.6 Å². The molecule has 0 amide bonds. The average molecular weight is 407 g/mol. The summed E-state index contributed by atoms with van der Waals surface area (Å²) in [5.41, 5.74) is 4.93. The minimum absolute atomic E-state index is 0.143.